The van der Waals surface area contributed by atoms with Gasteiger partial charge in [0.2, 0.25) is 0 Å². The summed E-state index contributed by atoms with van der Waals surface area (Å²) >= 11 is 1.85. The third-order valence-corrected chi connectivity index (χ3v) is 11.6. The van der Waals surface area contributed by atoms with E-state index in [-0.39, 0.29) is 0 Å². The monoisotopic (exact) mass is 669 g/mol. The molecule has 2 aromatic heterocycles. The molecule has 0 saturated carbocycles. The van der Waals surface area contributed by atoms with Crippen LogP contribution < -0.4 is 0 Å². The molecule has 0 bridgehead atoms. The van der Waals surface area contributed by atoms with Crippen molar-refractivity contribution in [3.63, 3.8) is 0 Å². The molecular weight excluding hydrogens is 643 g/mol. The molecule has 51 heavy (non-hydrogen) atoms. The Morgan fingerprint density at radius 3 is 1.65 bits per heavy atom. The van der Waals surface area contributed by atoms with Gasteiger partial charge < -0.3 is 4.42 Å². The molecule has 238 valence electrons. The fraction of sp³-hybridized carbons (Fsp3) is 0.0217. The third kappa shape index (κ3) is 4.01. The van der Waals surface area contributed by atoms with Crippen LogP contribution in [-0.4, -0.2) is 15.0 Å². The second-order valence-electron chi connectivity index (χ2n) is 13.1. The average molecular weight is 670 g/mol. The summed E-state index contributed by atoms with van der Waals surface area (Å²) < 4.78 is 6.56. The van der Waals surface area contributed by atoms with Crippen LogP contribution in [0.3, 0.4) is 0 Å². The van der Waals surface area contributed by atoms with Crippen molar-refractivity contribution < 1.29 is 4.42 Å². The Morgan fingerprint density at radius 2 is 0.961 bits per heavy atom. The Kier molecular flexibility index (Phi) is 6.07. The Hall–Kier alpha value is -6.30. The van der Waals surface area contributed by atoms with Crippen LogP contribution >= 0.6 is 11.8 Å². The first kappa shape index (κ1) is 28.5. The highest BCUT2D eigenvalue weighted by atomic mass is 32.2. The van der Waals surface area contributed by atoms with Gasteiger partial charge in [0.15, 0.2) is 17.5 Å². The minimum atomic E-state index is -0.566. The van der Waals surface area contributed by atoms with E-state index in [4.69, 9.17) is 19.4 Å². The number of aromatic nitrogens is 3. The van der Waals surface area contributed by atoms with Gasteiger partial charge in [-0.1, -0.05) is 151 Å². The summed E-state index contributed by atoms with van der Waals surface area (Å²) in [5, 5.41) is 2.21. The maximum Gasteiger partial charge on any atom is 0.164 e. The normalized spacial score (nSPS) is 13.6. The second-order valence-corrected chi connectivity index (χ2v) is 14.2. The summed E-state index contributed by atoms with van der Waals surface area (Å²) in [4.78, 5) is 18.0. The molecule has 0 N–H and O–H groups in total. The zero-order valence-corrected chi connectivity index (χ0v) is 28.1. The van der Waals surface area contributed by atoms with Gasteiger partial charge in [0, 0.05) is 37.3 Å². The van der Waals surface area contributed by atoms with E-state index < -0.39 is 5.41 Å². The zero-order chi connectivity index (χ0) is 33.5. The SMILES string of the molecule is c1ccc(-c2nc(-c3ccccc3)nc(-c3cccc4c3-c3c(ccc5oc6ccccc6c35)C43c4ccccc4Sc4ccccc43)n2)cc1. The van der Waals surface area contributed by atoms with Crippen molar-refractivity contribution in [1.82, 2.24) is 15.0 Å². The molecular formula is C46H27N3OS. The van der Waals surface area contributed by atoms with Crippen LogP contribution in [0, 0.1) is 0 Å². The Labute approximate surface area is 298 Å². The average Bonchev–Trinajstić information content (AvgIpc) is 3.72. The van der Waals surface area contributed by atoms with Gasteiger partial charge in [0.05, 0.1) is 5.41 Å². The predicted molar refractivity (Wildman–Crippen MR) is 205 cm³/mol. The third-order valence-electron chi connectivity index (χ3n) is 10.4. The van der Waals surface area contributed by atoms with Crippen molar-refractivity contribution in [3.05, 3.63) is 186 Å². The van der Waals surface area contributed by atoms with E-state index >= 15 is 0 Å². The van der Waals surface area contributed by atoms with Crippen molar-refractivity contribution in [3.8, 4) is 45.3 Å². The maximum absolute atomic E-state index is 6.56. The summed E-state index contributed by atoms with van der Waals surface area (Å²) in [7, 11) is 0. The number of para-hydroxylation sites is 1. The van der Waals surface area contributed by atoms with Gasteiger partial charge in [-0.3, -0.25) is 0 Å². The number of benzene rings is 7. The molecule has 0 radical (unpaired) electrons. The quantitative estimate of drug-likeness (QED) is 0.187. The molecule has 0 unspecified atom stereocenters. The number of nitrogens with zero attached hydrogens (tertiary/aromatic N) is 3. The minimum Gasteiger partial charge on any atom is -0.456 e. The van der Waals surface area contributed by atoms with Gasteiger partial charge in [0.1, 0.15) is 11.2 Å². The van der Waals surface area contributed by atoms with Crippen LogP contribution in [0.15, 0.2) is 178 Å². The van der Waals surface area contributed by atoms with E-state index in [9.17, 15) is 0 Å². The molecule has 5 heteroatoms. The highest BCUT2D eigenvalue weighted by Crippen LogP contribution is 2.64. The molecule has 11 rings (SSSR count). The fourth-order valence-electron chi connectivity index (χ4n) is 8.36. The van der Waals surface area contributed by atoms with Gasteiger partial charge in [-0.25, -0.2) is 15.0 Å². The van der Waals surface area contributed by atoms with Crippen LogP contribution in [0.5, 0.6) is 0 Å². The molecule has 0 atom stereocenters. The number of fused-ring (bicyclic) bond motifs is 13. The number of rotatable bonds is 3. The molecule has 0 amide bonds. The van der Waals surface area contributed by atoms with Crippen LogP contribution in [0.1, 0.15) is 22.3 Å². The molecule has 1 spiro atoms. The summed E-state index contributed by atoms with van der Waals surface area (Å²) in [5.74, 6) is 1.92. The Bertz CT molecular complexity index is 2740. The van der Waals surface area contributed by atoms with Gasteiger partial charge in [-0.15, -0.1) is 0 Å². The molecule has 0 saturated heterocycles. The Morgan fingerprint density at radius 1 is 0.412 bits per heavy atom. The van der Waals surface area contributed by atoms with Crippen LogP contribution in [0.25, 0.3) is 67.2 Å². The van der Waals surface area contributed by atoms with Gasteiger partial charge in [-0.05, 0) is 57.6 Å². The molecule has 0 fully saturated rings. The summed E-state index contributed by atoms with van der Waals surface area (Å²) in [5.41, 5.74) is 11.3. The van der Waals surface area contributed by atoms with E-state index in [1.54, 1.807) is 0 Å². The first-order valence-corrected chi connectivity index (χ1v) is 17.9. The molecule has 1 aliphatic carbocycles. The van der Waals surface area contributed by atoms with E-state index in [0.29, 0.717) is 17.5 Å². The predicted octanol–water partition coefficient (Wildman–Crippen LogP) is 11.6. The summed E-state index contributed by atoms with van der Waals surface area (Å²) in [6, 6.07) is 57.7. The van der Waals surface area contributed by atoms with Gasteiger partial charge in [-0.2, -0.15) is 0 Å². The molecule has 7 aromatic carbocycles. The second kappa shape index (κ2) is 10.8. The number of furan rings is 1. The van der Waals surface area contributed by atoms with Crippen molar-refractivity contribution in [2.24, 2.45) is 0 Å². The van der Waals surface area contributed by atoms with Gasteiger partial charge in [0.25, 0.3) is 0 Å². The maximum atomic E-state index is 6.56. The van der Waals surface area contributed by atoms with Gasteiger partial charge >= 0.3 is 0 Å². The Balaban J connectivity index is 1.31. The lowest BCUT2D eigenvalue weighted by Gasteiger charge is -2.39. The van der Waals surface area contributed by atoms with Crippen molar-refractivity contribution >= 4 is 33.7 Å². The lowest BCUT2D eigenvalue weighted by atomic mass is 9.67. The highest BCUT2D eigenvalue weighted by Gasteiger charge is 2.51. The van der Waals surface area contributed by atoms with Crippen molar-refractivity contribution in [1.29, 1.82) is 0 Å². The molecule has 2 aliphatic rings. The largest absolute Gasteiger partial charge is 0.456 e. The first-order valence-electron chi connectivity index (χ1n) is 17.1. The van der Waals surface area contributed by atoms with Crippen LogP contribution in [0.2, 0.25) is 0 Å². The standard InChI is InChI=1S/C46H27N3OS/c1-3-14-28(15-4-1)43-47-44(29-16-5-2-6-17-29)49-45(48-43)31-19-13-22-34-40(31)42-35(26-27-37-41(42)30-18-7-10-23-36(30)50-37)46(34)32-20-8-11-24-38(32)51-39-25-12-9-21-33(39)46/h1-27H. The van der Waals surface area contributed by atoms with E-state index in [0.717, 1.165) is 44.2 Å². The molecule has 4 nitrogen and oxygen atoms in total. The van der Waals surface area contributed by atoms with E-state index in [1.165, 1.54) is 37.6 Å². The van der Waals surface area contributed by atoms with E-state index in [1.807, 2.05) is 54.2 Å². The lowest BCUT2D eigenvalue weighted by Crippen LogP contribution is -2.31. The highest BCUT2D eigenvalue weighted by molar-refractivity contribution is 7.99. The smallest absolute Gasteiger partial charge is 0.164 e. The van der Waals surface area contributed by atoms with Crippen molar-refractivity contribution in [2.75, 3.05) is 0 Å². The first-order chi connectivity index (χ1) is 25.3. The topological polar surface area (TPSA) is 51.8 Å². The summed E-state index contributed by atoms with van der Waals surface area (Å²) in [6.45, 7) is 0. The minimum absolute atomic E-state index is 0.566. The number of hydrogen-bond donors (Lipinski definition) is 0. The van der Waals surface area contributed by atoms with Crippen molar-refractivity contribution in [2.45, 2.75) is 15.2 Å². The van der Waals surface area contributed by atoms with Crippen LogP contribution in [0.4, 0.5) is 0 Å². The van der Waals surface area contributed by atoms with Crippen LogP contribution in [-0.2, 0) is 5.41 Å². The summed E-state index contributed by atoms with van der Waals surface area (Å²) in [6.07, 6.45) is 0. The fourth-order valence-corrected chi connectivity index (χ4v) is 9.55. The van der Waals surface area contributed by atoms with E-state index in [2.05, 4.69) is 121 Å². The zero-order valence-electron chi connectivity index (χ0n) is 27.2. The lowest BCUT2D eigenvalue weighted by molar-refractivity contribution is 0.668. The molecule has 3 heterocycles. The molecule has 1 aliphatic heterocycles. The number of hydrogen-bond acceptors (Lipinski definition) is 5. The molecule has 9 aromatic rings.